The fourth-order valence-corrected chi connectivity index (χ4v) is 1.82. The third-order valence-electron chi connectivity index (χ3n) is 1.91. The lowest BCUT2D eigenvalue weighted by Crippen LogP contribution is -2.25. The Morgan fingerprint density at radius 3 is 2.79 bits per heavy atom. The van der Waals surface area contributed by atoms with Crippen molar-refractivity contribution in [1.82, 2.24) is 0 Å². The molecule has 1 aromatic carbocycles. The van der Waals surface area contributed by atoms with Crippen LogP contribution >= 0.6 is 27.5 Å². The molecule has 0 saturated heterocycles. The van der Waals surface area contributed by atoms with E-state index in [1.165, 1.54) is 0 Å². The summed E-state index contributed by atoms with van der Waals surface area (Å²) in [5.74, 6) is 0.784. The predicted octanol–water partition coefficient (Wildman–Crippen LogP) is 3.22. The molecular formula is C10H13BrClNO. The minimum Gasteiger partial charge on any atom is -0.488 e. The monoisotopic (exact) mass is 277 g/mol. The maximum Gasteiger partial charge on any atom is 0.134 e. The Bertz CT molecular complexity index is 302. The first-order valence-corrected chi connectivity index (χ1v) is 5.66. The maximum absolute atomic E-state index is 5.81. The Morgan fingerprint density at radius 1 is 1.57 bits per heavy atom. The van der Waals surface area contributed by atoms with E-state index < -0.39 is 0 Å². The summed E-state index contributed by atoms with van der Waals surface area (Å²) in [5, 5.41) is 0.685. The zero-order chi connectivity index (χ0) is 10.6. The summed E-state index contributed by atoms with van der Waals surface area (Å²) in [6.07, 6.45) is 0.957. The molecular weight excluding hydrogens is 265 g/mol. The van der Waals surface area contributed by atoms with Gasteiger partial charge in [0.15, 0.2) is 0 Å². The molecule has 1 unspecified atom stereocenters. The molecule has 1 atom stereocenters. The van der Waals surface area contributed by atoms with Gasteiger partial charge in [0.25, 0.3) is 0 Å². The number of hydrogen-bond acceptors (Lipinski definition) is 2. The first kappa shape index (κ1) is 11.8. The predicted molar refractivity (Wildman–Crippen MR) is 62.9 cm³/mol. The highest BCUT2D eigenvalue weighted by Gasteiger charge is 2.08. The van der Waals surface area contributed by atoms with Gasteiger partial charge in [0.05, 0.1) is 4.47 Å². The van der Waals surface area contributed by atoms with E-state index in [-0.39, 0.29) is 6.10 Å². The molecule has 14 heavy (non-hydrogen) atoms. The van der Waals surface area contributed by atoms with Crippen LogP contribution in [0.3, 0.4) is 0 Å². The summed E-state index contributed by atoms with van der Waals surface area (Å²) in [7, 11) is 0. The summed E-state index contributed by atoms with van der Waals surface area (Å²) < 4.78 is 6.53. The van der Waals surface area contributed by atoms with Crippen LogP contribution in [0.2, 0.25) is 5.02 Å². The molecule has 0 saturated carbocycles. The minimum atomic E-state index is 0.0625. The average Bonchev–Trinajstić information content (AvgIpc) is 2.17. The summed E-state index contributed by atoms with van der Waals surface area (Å²) in [5.41, 5.74) is 5.54. The second-order valence-corrected chi connectivity index (χ2v) is 4.25. The van der Waals surface area contributed by atoms with Crippen molar-refractivity contribution in [2.75, 3.05) is 6.54 Å². The number of benzene rings is 1. The Labute approximate surface area is 97.5 Å². The van der Waals surface area contributed by atoms with Crippen molar-refractivity contribution < 1.29 is 4.74 Å². The molecule has 1 rings (SSSR count). The third-order valence-corrected chi connectivity index (χ3v) is 2.76. The van der Waals surface area contributed by atoms with Gasteiger partial charge in [-0.3, -0.25) is 0 Å². The van der Waals surface area contributed by atoms with Crippen LogP contribution in [0.1, 0.15) is 13.3 Å². The first-order valence-electron chi connectivity index (χ1n) is 4.49. The van der Waals surface area contributed by atoms with Crippen LogP contribution in [0.25, 0.3) is 0 Å². The molecule has 4 heteroatoms. The van der Waals surface area contributed by atoms with Crippen molar-refractivity contribution in [1.29, 1.82) is 0 Å². The Morgan fingerprint density at radius 2 is 2.29 bits per heavy atom. The van der Waals surface area contributed by atoms with Crippen LogP contribution in [0.4, 0.5) is 0 Å². The first-order chi connectivity index (χ1) is 6.67. The van der Waals surface area contributed by atoms with Gasteiger partial charge < -0.3 is 10.5 Å². The van der Waals surface area contributed by atoms with Crippen molar-refractivity contribution >= 4 is 27.5 Å². The molecule has 0 bridgehead atoms. The van der Waals surface area contributed by atoms with E-state index in [1.54, 1.807) is 12.1 Å². The smallest absolute Gasteiger partial charge is 0.134 e. The molecule has 0 heterocycles. The molecule has 2 nitrogen and oxygen atoms in total. The summed E-state index contributed by atoms with van der Waals surface area (Å²) >= 11 is 9.19. The molecule has 0 radical (unpaired) electrons. The SMILES string of the molecule is CCC(CN)Oc1ccc(Cl)cc1Br. The molecule has 0 spiro atoms. The lowest BCUT2D eigenvalue weighted by molar-refractivity contribution is 0.204. The van der Waals surface area contributed by atoms with Crippen LogP contribution in [-0.2, 0) is 0 Å². The van der Waals surface area contributed by atoms with E-state index >= 15 is 0 Å². The van der Waals surface area contributed by atoms with Crippen molar-refractivity contribution in [3.8, 4) is 5.75 Å². The standard InChI is InChI=1S/C10H13BrClNO/c1-2-8(6-13)14-10-4-3-7(12)5-9(10)11/h3-5,8H,2,6,13H2,1H3. The van der Waals surface area contributed by atoms with Crippen LogP contribution in [0.5, 0.6) is 5.75 Å². The zero-order valence-corrected chi connectivity index (χ0v) is 10.3. The van der Waals surface area contributed by atoms with Gasteiger partial charge in [-0.1, -0.05) is 18.5 Å². The fraction of sp³-hybridized carbons (Fsp3) is 0.400. The topological polar surface area (TPSA) is 35.2 Å². The Kier molecular flexibility index (Phi) is 4.72. The highest BCUT2D eigenvalue weighted by molar-refractivity contribution is 9.10. The van der Waals surface area contributed by atoms with Crippen molar-refractivity contribution in [2.45, 2.75) is 19.4 Å². The Hall–Kier alpha value is -0.250. The highest BCUT2D eigenvalue weighted by Crippen LogP contribution is 2.28. The Balaban J connectivity index is 2.76. The zero-order valence-electron chi connectivity index (χ0n) is 7.97. The molecule has 2 N–H and O–H groups in total. The number of nitrogens with two attached hydrogens (primary N) is 1. The van der Waals surface area contributed by atoms with Crippen LogP contribution in [0, 0.1) is 0 Å². The van der Waals surface area contributed by atoms with Gasteiger partial charge in [-0.15, -0.1) is 0 Å². The molecule has 0 fully saturated rings. The van der Waals surface area contributed by atoms with E-state index in [0.717, 1.165) is 16.6 Å². The lowest BCUT2D eigenvalue weighted by Gasteiger charge is -2.16. The average molecular weight is 279 g/mol. The van der Waals surface area contributed by atoms with Crippen molar-refractivity contribution in [2.24, 2.45) is 5.73 Å². The lowest BCUT2D eigenvalue weighted by atomic mass is 10.2. The molecule has 78 valence electrons. The van der Waals surface area contributed by atoms with Gasteiger partial charge >= 0.3 is 0 Å². The van der Waals surface area contributed by atoms with Crippen molar-refractivity contribution in [3.63, 3.8) is 0 Å². The summed E-state index contributed by atoms with van der Waals surface area (Å²) in [4.78, 5) is 0. The maximum atomic E-state index is 5.81. The van der Waals surface area contributed by atoms with Crippen molar-refractivity contribution in [3.05, 3.63) is 27.7 Å². The quantitative estimate of drug-likeness (QED) is 0.918. The largest absolute Gasteiger partial charge is 0.488 e. The number of halogens is 2. The van der Waals surface area contributed by atoms with Gasteiger partial charge in [-0.25, -0.2) is 0 Å². The van der Waals surface area contributed by atoms with Crippen LogP contribution < -0.4 is 10.5 Å². The summed E-state index contributed by atoms with van der Waals surface area (Å²) in [6, 6.07) is 5.44. The molecule has 1 aromatic rings. The number of hydrogen-bond donors (Lipinski definition) is 1. The second-order valence-electron chi connectivity index (χ2n) is 2.96. The number of ether oxygens (including phenoxy) is 1. The van der Waals surface area contributed by atoms with E-state index in [0.29, 0.717) is 11.6 Å². The van der Waals surface area contributed by atoms with E-state index in [9.17, 15) is 0 Å². The van der Waals surface area contributed by atoms with E-state index in [2.05, 4.69) is 15.9 Å². The van der Waals surface area contributed by atoms with Gasteiger partial charge in [0.2, 0.25) is 0 Å². The van der Waals surface area contributed by atoms with Gasteiger partial charge in [-0.05, 0) is 40.5 Å². The normalized spacial score (nSPS) is 12.6. The van der Waals surface area contributed by atoms with Gasteiger partial charge in [-0.2, -0.15) is 0 Å². The molecule has 0 aliphatic rings. The van der Waals surface area contributed by atoms with Gasteiger partial charge in [0, 0.05) is 11.6 Å². The fourth-order valence-electron chi connectivity index (χ4n) is 1.05. The van der Waals surface area contributed by atoms with Gasteiger partial charge in [0.1, 0.15) is 11.9 Å². The van der Waals surface area contributed by atoms with E-state index in [1.807, 2.05) is 13.0 Å². The minimum absolute atomic E-state index is 0.0625. The third kappa shape index (κ3) is 3.15. The molecule has 0 aromatic heterocycles. The second kappa shape index (κ2) is 5.59. The summed E-state index contributed by atoms with van der Waals surface area (Å²) in [6.45, 7) is 2.56. The molecule has 0 amide bonds. The number of rotatable bonds is 4. The molecule has 0 aliphatic carbocycles. The molecule has 0 aliphatic heterocycles. The van der Waals surface area contributed by atoms with Crippen LogP contribution in [0.15, 0.2) is 22.7 Å². The van der Waals surface area contributed by atoms with E-state index in [4.69, 9.17) is 22.1 Å². The van der Waals surface area contributed by atoms with Crippen LogP contribution in [-0.4, -0.2) is 12.6 Å². The highest BCUT2D eigenvalue weighted by atomic mass is 79.9.